The molecule has 0 fully saturated rings. The highest BCUT2D eigenvalue weighted by atomic mass is 16.5. The number of hydrogen-bond donors (Lipinski definition) is 1. The maximum atomic E-state index is 12.3. The van der Waals surface area contributed by atoms with Crippen LogP contribution in [0.3, 0.4) is 0 Å². The third kappa shape index (κ3) is 4.10. The summed E-state index contributed by atoms with van der Waals surface area (Å²) in [6, 6.07) is 15.5. The fourth-order valence-corrected chi connectivity index (χ4v) is 2.41. The lowest BCUT2D eigenvalue weighted by Crippen LogP contribution is -2.19. The molecule has 2 aromatic carbocycles. The Hall–Kier alpha value is -2.29. The predicted octanol–water partition coefficient (Wildman–Crippen LogP) is 4.17. The third-order valence-electron chi connectivity index (χ3n) is 3.51. The molecule has 0 saturated carbocycles. The van der Waals surface area contributed by atoms with E-state index in [1.807, 2.05) is 42.5 Å². The number of amides is 1. The van der Waals surface area contributed by atoms with Crippen LogP contribution in [0.25, 0.3) is 0 Å². The number of rotatable bonds is 4. The van der Waals surface area contributed by atoms with Crippen LogP contribution in [0.5, 0.6) is 5.75 Å². The summed E-state index contributed by atoms with van der Waals surface area (Å²) in [6.07, 6.45) is 0.329. The lowest BCUT2D eigenvalue weighted by Gasteiger charge is -2.23. The molecule has 2 aromatic rings. The zero-order chi connectivity index (χ0) is 16.2. The molecule has 0 heterocycles. The van der Waals surface area contributed by atoms with E-state index in [2.05, 4.69) is 32.2 Å². The van der Waals surface area contributed by atoms with Gasteiger partial charge in [-0.3, -0.25) is 4.79 Å². The van der Waals surface area contributed by atoms with Crippen LogP contribution in [-0.4, -0.2) is 13.0 Å². The Balaban J connectivity index is 2.13. The van der Waals surface area contributed by atoms with Crippen molar-refractivity contribution in [2.75, 3.05) is 12.4 Å². The Morgan fingerprint density at radius 2 is 1.82 bits per heavy atom. The molecule has 3 nitrogen and oxygen atoms in total. The van der Waals surface area contributed by atoms with Crippen LogP contribution in [0.2, 0.25) is 0 Å². The van der Waals surface area contributed by atoms with E-state index in [1.165, 1.54) is 0 Å². The molecule has 0 aliphatic rings. The van der Waals surface area contributed by atoms with Crippen LogP contribution in [0, 0.1) is 0 Å². The van der Waals surface area contributed by atoms with Crippen LogP contribution in [0.4, 0.5) is 5.69 Å². The van der Waals surface area contributed by atoms with Gasteiger partial charge in [-0.1, -0.05) is 51.1 Å². The Morgan fingerprint density at radius 3 is 2.50 bits per heavy atom. The first-order valence-electron chi connectivity index (χ1n) is 7.42. The van der Waals surface area contributed by atoms with Gasteiger partial charge in [0, 0.05) is 5.69 Å². The van der Waals surface area contributed by atoms with Crippen LogP contribution < -0.4 is 10.1 Å². The molecular formula is C19H23NO2. The van der Waals surface area contributed by atoms with Crippen molar-refractivity contribution in [1.29, 1.82) is 0 Å². The van der Waals surface area contributed by atoms with Gasteiger partial charge < -0.3 is 10.1 Å². The molecule has 0 saturated heterocycles. The molecule has 1 N–H and O–H groups in total. The predicted molar refractivity (Wildman–Crippen MR) is 90.5 cm³/mol. The minimum atomic E-state index is -0.0232. The average molecular weight is 297 g/mol. The Bertz CT molecular complexity index is 656. The van der Waals surface area contributed by atoms with Gasteiger partial charge in [-0.15, -0.1) is 0 Å². The van der Waals surface area contributed by atoms with E-state index in [1.54, 1.807) is 7.11 Å². The largest absolute Gasteiger partial charge is 0.497 e. The molecule has 0 spiro atoms. The van der Waals surface area contributed by atoms with Crippen LogP contribution >= 0.6 is 0 Å². The zero-order valence-corrected chi connectivity index (χ0v) is 13.6. The molecule has 22 heavy (non-hydrogen) atoms. The van der Waals surface area contributed by atoms with Gasteiger partial charge >= 0.3 is 0 Å². The minimum absolute atomic E-state index is 0.0140. The summed E-state index contributed by atoms with van der Waals surface area (Å²) in [5.74, 6) is 0.741. The summed E-state index contributed by atoms with van der Waals surface area (Å²) in [4.78, 5) is 12.3. The highest BCUT2D eigenvalue weighted by molar-refractivity contribution is 5.93. The average Bonchev–Trinajstić information content (AvgIpc) is 2.46. The van der Waals surface area contributed by atoms with E-state index in [0.717, 1.165) is 22.6 Å². The van der Waals surface area contributed by atoms with Gasteiger partial charge in [0.25, 0.3) is 0 Å². The molecule has 0 unspecified atom stereocenters. The number of carbonyl (C=O) groups excluding carboxylic acids is 1. The summed E-state index contributed by atoms with van der Waals surface area (Å²) in [5, 5.41) is 3.02. The minimum Gasteiger partial charge on any atom is -0.497 e. The Kier molecular flexibility index (Phi) is 4.86. The van der Waals surface area contributed by atoms with Crippen molar-refractivity contribution < 1.29 is 9.53 Å². The van der Waals surface area contributed by atoms with Gasteiger partial charge in [0.15, 0.2) is 0 Å². The van der Waals surface area contributed by atoms with Gasteiger partial charge in [-0.25, -0.2) is 0 Å². The lowest BCUT2D eigenvalue weighted by atomic mass is 9.86. The number of hydrogen-bond acceptors (Lipinski definition) is 2. The fourth-order valence-electron chi connectivity index (χ4n) is 2.41. The molecule has 0 aliphatic carbocycles. The molecular weight excluding hydrogens is 274 g/mol. The van der Waals surface area contributed by atoms with E-state index in [-0.39, 0.29) is 11.3 Å². The Morgan fingerprint density at radius 1 is 1.09 bits per heavy atom. The summed E-state index contributed by atoms with van der Waals surface area (Å²) in [7, 11) is 1.62. The normalized spacial score (nSPS) is 11.1. The van der Waals surface area contributed by atoms with E-state index in [9.17, 15) is 4.79 Å². The quantitative estimate of drug-likeness (QED) is 0.919. The van der Waals surface area contributed by atoms with Crippen LogP contribution in [-0.2, 0) is 16.6 Å². The highest BCUT2D eigenvalue weighted by Crippen LogP contribution is 2.29. The Labute approximate surface area is 132 Å². The zero-order valence-electron chi connectivity index (χ0n) is 13.6. The first-order chi connectivity index (χ1) is 10.4. The molecule has 3 heteroatoms. The number of benzene rings is 2. The molecule has 0 radical (unpaired) electrons. The second-order valence-corrected chi connectivity index (χ2v) is 6.37. The smallest absolute Gasteiger partial charge is 0.228 e. The number of anilines is 1. The SMILES string of the molecule is COc1cccc(CC(=O)Nc2ccccc2C(C)(C)C)c1. The van der Waals surface area contributed by atoms with Gasteiger partial charge in [-0.05, 0) is 34.7 Å². The summed E-state index contributed by atoms with van der Waals surface area (Å²) in [5.41, 5.74) is 2.93. The van der Waals surface area contributed by atoms with Crippen molar-refractivity contribution in [3.05, 3.63) is 59.7 Å². The lowest BCUT2D eigenvalue weighted by molar-refractivity contribution is -0.115. The number of carbonyl (C=O) groups is 1. The van der Waals surface area contributed by atoms with Gasteiger partial charge in [-0.2, -0.15) is 0 Å². The molecule has 0 bridgehead atoms. The van der Waals surface area contributed by atoms with Crippen molar-refractivity contribution in [1.82, 2.24) is 0 Å². The highest BCUT2D eigenvalue weighted by Gasteiger charge is 2.18. The van der Waals surface area contributed by atoms with Crippen LogP contribution in [0.15, 0.2) is 48.5 Å². The van der Waals surface area contributed by atoms with Gasteiger partial charge in [0.1, 0.15) is 5.75 Å². The monoisotopic (exact) mass is 297 g/mol. The van der Waals surface area contributed by atoms with E-state index >= 15 is 0 Å². The number of para-hydroxylation sites is 1. The summed E-state index contributed by atoms with van der Waals surface area (Å²) >= 11 is 0. The molecule has 0 atom stereocenters. The van der Waals surface area contributed by atoms with Gasteiger partial charge in [0.05, 0.1) is 13.5 Å². The number of methoxy groups -OCH3 is 1. The molecule has 116 valence electrons. The van der Waals surface area contributed by atoms with E-state index in [4.69, 9.17) is 4.74 Å². The second-order valence-electron chi connectivity index (χ2n) is 6.37. The van der Waals surface area contributed by atoms with Gasteiger partial charge in [0.2, 0.25) is 5.91 Å². The van der Waals surface area contributed by atoms with E-state index < -0.39 is 0 Å². The maximum absolute atomic E-state index is 12.3. The van der Waals surface area contributed by atoms with Crippen molar-refractivity contribution in [2.24, 2.45) is 0 Å². The van der Waals surface area contributed by atoms with Crippen LogP contribution in [0.1, 0.15) is 31.9 Å². The first-order valence-corrected chi connectivity index (χ1v) is 7.42. The molecule has 2 rings (SSSR count). The summed E-state index contributed by atoms with van der Waals surface area (Å²) < 4.78 is 5.19. The number of nitrogens with one attached hydrogen (secondary N) is 1. The van der Waals surface area contributed by atoms with E-state index in [0.29, 0.717) is 6.42 Å². The first kappa shape index (κ1) is 16.1. The standard InChI is InChI=1S/C19H23NO2/c1-19(2,3)16-10-5-6-11-17(16)20-18(21)13-14-8-7-9-15(12-14)22-4/h5-12H,13H2,1-4H3,(H,20,21). The molecule has 0 aliphatic heterocycles. The fraction of sp³-hybridized carbons (Fsp3) is 0.316. The van der Waals surface area contributed by atoms with Crippen molar-refractivity contribution in [3.63, 3.8) is 0 Å². The molecule has 0 aromatic heterocycles. The second kappa shape index (κ2) is 6.65. The maximum Gasteiger partial charge on any atom is 0.228 e. The van der Waals surface area contributed by atoms with Crippen molar-refractivity contribution >= 4 is 11.6 Å². The number of ether oxygens (including phenoxy) is 1. The summed E-state index contributed by atoms with van der Waals surface area (Å²) in [6.45, 7) is 6.42. The third-order valence-corrected chi connectivity index (χ3v) is 3.51. The molecule has 1 amide bonds. The van der Waals surface area contributed by atoms with Crippen molar-refractivity contribution in [3.8, 4) is 5.75 Å². The topological polar surface area (TPSA) is 38.3 Å². The van der Waals surface area contributed by atoms with Crippen molar-refractivity contribution in [2.45, 2.75) is 32.6 Å².